The summed E-state index contributed by atoms with van der Waals surface area (Å²) in [6, 6.07) is 17.1. The second-order valence-electron chi connectivity index (χ2n) is 6.58. The second kappa shape index (κ2) is 8.73. The van der Waals surface area contributed by atoms with Gasteiger partial charge < -0.3 is 5.32 Å². The minimum absolute atomic E-state index is 0.000839. The Hall–Kier alpha value is -3.21. The van der Waals surface area contributed by atoms with Gasteiger partial charge in [-0.2, -0.15) is 0 Å². The molecule has 32 heavy (non-hydrogen) atoms. The molecule has 1 aliphatic heterocycles. The summed E-state index contributed by atoms with van der Waals surface area (Å²) in [5.74, 6) is -1.08. The number of hydrogen-bond acceptors (Lipinski definition) is 6. The van der Waals surface area contributed by atoms with Crippen molar-refractivity contribution >= 4 is 66.6 Å². The number of nitrogens with zero attached hydrogens (tertiary/aromatic N) is 2. The Kier molecular flexibility index (Phi) is 6.00. The van der Waals surface area contributed by atoms with Crippen LogP contribution in [0.1, 0.15) is 0 Å². The van der Waals surface area contributed by atoms with Gasteiger partial charge in [-0.25, -0.2) is 18.3 Å². The van der Waals surface area contributed by atoms with Gasteiger partial charge in [0, 0.05) is 16.4 Å². The lowest BCUT2D eigenvalue weighted by Crippen LogP contribution is -2.32. The molecule has 1 aromatic heterocycles. The number of carbonyl (C=O) groups is 2. The molecular weight excluding hydrogens is 520 g/mol. The molecule has 11 heteroatoms. The maximum absolute atomic E-state index is 12.8. The van der Waals surface area contributed by atoms with E-state index in [-0.39, 0.29) is 21.4 Å². The van der Waals surface area contributed by atoms with E-state index in [4.69, 9.17) is 11.6 Å². The first-order valence-electron chi connectivity index (χ1n) is 9.11. The summed E-state index contributed by atoms with van der Waals surface area (Å²) >= 11 is 9.43. The van der Waals surface area contributed by atoms with Gasteiger partial charge in [0.2, 0.25) is 0 Å². The van der Waals surface area contributed by atoms with E-state index in [9.17, 15) is 18.0 Å². The van der Waals surface area contributed by atoms with Crippen LogP contribution in [0.2, 0.25) is 0 Å². The second-order valence-corrected chi connectivity index (χ2v) is 9.56. The molecule has 0 spiro atoms. The van der Waals surface area contributed by atoms with Crippen LogP contribution in [0, 0.1) is 0 Å². The van der Waals surface area contributed by atoms with Crippen LogP contribution in [0.15, 0.2) is 93.0 Å². The van der Waals surface area contributed by atoms with Gasteiger partial charge in [0.1, 0.15) is 16.5 Å². The van der Waals surface area contributed by atoms with Gasteiger partial charge in [-0.3, -0.25) is 14.3 Å². The maximum Gasteiger partial charge on any atom is 0.283 e. The Bertz CT molecular complexity index is 1330. The molecule has 2 N–H and O–H groups in total. The van der Waals surface area contributed by atoms with Crippen molar-refractivity contribution in [3.8, 4) is 0 Å². The Balaban J connectivity index is 1.52. The van der Waals surface area contributed by atoms with E-state index in [1.165, 1.54) is 36.5 Å². The molecule has 0 aliphatic carbocycles. The molecule has 0 bridgehead atoms. The van der Waals surface area contributed by atoms with E-state index in [0.717, 1.165) is 9.37 Å². The fourth-order valence-corrected chi connectivity index (χ4v) is 4.40. The summed E-state index contributed by atoms with van der Waals surface area (Å²) in [7, 11) is -3.85. The highest BCUT2D eigenvalue weighted by molar-refractivity contribution is 9.10. The minimum atomic E-state index is -3.85. The van der Waals surface area contributed by atoms with Crippen molar-refractivity contribution in [2.45, 2.75) is 4.90 Å². The molecule has 2 amide bonds. The van der Waals surface area contributed by atoms with E-state index in [0.29, 0.717) is 11.4 Å². The molecule has 162 valence electrons. The zero-order chi connectivity index (χ0) is 22.9. The van der Waals surface area contributed by atoms with Gasteiger partial charge in [-0.15, -0.1) is 0 Å². The van der Waals surface area contributed by atoms with Crippen molar-refractivity contribution in [2.75, 3.05) is 14.9 Å². The highest BCUT2D eigenvalue weighted by atomic mass is 79.9. The predicted octanol–water partition coefficient (Wildman–Crippen LogP) is 4.08. The SMILES string of the molecule is O=C1C(Cl)=C(Nc2ccc(S(=O)(=O)Nc3ccccn3)cc2)C(=O)N1c1ccc(Br)cc1. The van der Waals surface area contributed by atoms with Gasteiger partial charge in [0.05, 0.1) is 10.6 Å². The predicted molar refractivity (Wildman–Crippen MR) is 125 cm³/mol. The van der Waals surface area contributed by atoms with Crippen molar-refractivity contribution in [1.29, 1.82) is 0 Å². The normalized spacial score (nSPS) is 14.1. The average molecular weight is 534 g/mol. The van der Waals surface area contributed by atoms with Crippen LogP contribution in [0.4, 0.5) is 17.2 Å². The van der Waals surface area contributed by atoms with E-state index < -0.39 is 21.8 Å². The number of hydrogen-bond donors (Lipinski definition) is 2. The van der Waals surface area contributed by atoms with Crippen LogP contribution in [0.5, 0.6) is 0 Å². The first-order chi connectivity index (χ1) is 15.3. The Morgan fingerprint density at radius 3 is 2.22 bits per heavy atom. The summed E-state index contributed by atoms with van der Waals surface area (Å²) in [5, 5.41) is 2.55. The van der Waals surface area contributed by atoms with Crippen LogP contribution >= 0.6 is 27.5 Å². The molecule has 0 saturated heterocycles. The third kappa shape index (κ3) is 4.38. The van der Waals surface area contributed by atoms with Gasteiger partial charge in [-0.05, 0) is 60.7 Å². The monoisotopic (exact) mass is 532 g/mol. The fraction of sp³-hybridized carbons (Fsp3) is 0. The summed E-state index contributed by atoms with van der Waals surface area (Å²) in [5.41, 5.74) is 0.663. The summed E-state index contributed by atoms with van der Waals surface area (Å²) in [6.45, 7) is 0. The number of nitrogens with one attached hydrogen (secondary N) is 2. The summed E-state index contributed by atoms with van der Waals surface area (Å²) in [4.78, 5) is 30.3. The first-order valence-corrected chi connectivity index (χ1v) is 11.8. The molecule has 1 aliphatic rings. The average Bonchev–Trinajstić information content (AvgIpc) is 2.98. The van der Waals surface area contributed by atoms with Gasteiger partial charge in [-0.1, -0.05) is 33.6 Å². The number of sulfonamides is 1. The summed E-state index contributed by atoms with van der Waals surface area (Å²) in [6.07, 6.45) is 1.47. The van der Waals surface area contributed by atoms with Gasteiger partial charge in [0.25, 0.3) is 21.8 Å². The highest BCUT2D eigenvalue weighted by Gasteiger charge is 2.38. The molecule has 0 unspecified atom stereocenters. The Morgan fingerprint density at radius 1 is 0.906 bits per heavy atom. The van der Waals surface area contributed by atoms with Crippen LogP contribution in [-0.4, -0.2) is 25.2 Å². The molecular formula is C21H14BrClN4O4S. The van der Waals surface area contributed by atoms with Crippen molar-refractivity contribution in [2.24, 2.45) is 0 Å². The first kappa shape index (κ1) is 22.0. The largest absolute Gasteiger partial charge is 0.350 e. The number of benzene rings is 2. The van der Waals surface area contributed by atoms with Crippen LogP contribution in [-0.2, 0) is 19.6 Å². The van der Waals surface area contributed by atoms with Crippen molar-refractivity contribution in [3.63, 3.8) is 0 Å². The van der Waals surface area contributed by atoms with E-state index in [1.807, 2.05) is 0 Å². The smallest absolute Gasteiger partial charge is 0.283 e. The zero-order valence-electron chi connectivity index (χ0n) is 16.1. The number of aromatic nitrogens is 1. The van der Waals surface area contributed by atoms with E-state index in [1.54, 1.807) is 36.4 Å². The third-order valence-corrected chi connectivity index (χ3v) is 6.70. The Morgan fingerprint density at radius 2 is 1.59 bits per heavy atom. The molecule has 4 rings (SSSR count). The topological polar surface area (TPSA) is 108 Å². The lowest BCUT2D eigenvalue weighted by atomic mass is 10.3. The van der Waals surface area contributed by atoms with Crippen molar-refractivity contribution in [1.82, 2.24) is 4.98 Å². The van der Waals surface area contributed by atoms with Crippen molar-refractivity contribution < 1.29 is 18.0 Å². The Labute approximate surface area is 197 Å². The molecule has 0 atom stereocenters. The number of anilines is 3. The molecule has 8 nitrogen and oxygen atoms in total. The molecule has 2 aromatic carbocycles. The number of rotatable bonds is 6. The number of pyridine rings is 1. The number of amides is 2. The molecule has 2 heterocycles. The quantitative estimate of drug-likeness (QED) is 0.462. The van der Waals surface area contributed by atoms with Crippen LogP contribution < -0.4 is 14.9 Å². The lowest BCUT2D eigenvalue weighted by molar-refractivity contribution is -0.120. The lowest BCUT2D eigenvalue weighted by Gasteiger charge is -2.15. The zero-order valence-corrected chi connectivity index (χ0v) is 19.3. The molecule has 3 aromatic rings. The van der Waals surface area contributed by atoms with Gasteiger partial charge in [0.15, 0.2) is 0 Å². The van der Waals surface area contributed by atoms with Gasteiger partial charge >= 0.3 is 0 Å². The fourth-order valence-electron chi connectivity index (χ4n) is 2.92. The van der Waals surface area contributed by atoms with E-state index in [2.05, 4.69) is 31.0 Å². The number of carbonyl (C=O) groups excluding carboxylic acids is 2. The summed E-state index contributed by atoms with van der Waals surface area (Å²) < 4.78 is 28.2. The van der Waals surface area contributed by atoms with Crippen LogP contribution in [0.3, 0.4) is 0 Å². The highest BCUT2D eigenvalue weighted by Crippen LogP contribution is 2.31. The van der Waals surface area contributed by atoms with Crippen LogP contribution in [0.25, 0.3) is 0 Å². The van der Waals surface area contributed by atoms with Crippen molar-refractivity contribution in [3.05, 3.63) is 88.1 Å². The number of halogens is 2. The molecule has 0 fully saturated rings. The number of imide groups is 1. The molecule has 0 saturated carbocycles. The standard InChI is InChI=1S/C21H14BrClN4O4S/c22-13-4-8-15(9-5-13)27-20(28)18(23)19(21(27)29)25-14-6-10-16(11-7-14)32(30,31)26-17-3-1-2-12-24-17/h1-12,25H,(H,24,26). The molecule has 0 radical (unpaired) electrons. The maximum atomic E-state index is 12.8. The van der Waals surface area contributed by atoms with E-state index >= 15 is 0 Å². The third-order valence-electron chi connectivity index (χ3n) is 4.45. The minimum Gasteiger partial charge on any atom is -0.350 e.